The van der Waals surface area contributed by atoms with Gasteiger partial charge in [-0.2, -0.15) is 0 Å². The van der Waals surface area contributed by atoms with Crippen LogP contribution in [0.4, 0.5) is 4.79 Å². The molecule has 1 saturated heterocycles. The lowest BCUT2D eigenvalue weighted by atomic mass is 10.2. The van der Waals surface area contributed by atoms with Crippen LogP contribution in [-0.4, -0.2) is 55.3 Å². The third-order valence-electron chi connectivity index (χ3n) is 3.98. The molecule has 0 bridgehead atoms. The molecule has 0 aliphatic carbocycles. The second-order valence-electron chi connectivity index (χ2n) is 7.23. The van der Waals surface area contributed by atoms with Crippen LogP contribution in [0.15, 0.2) is 24.3 Å². The zero-order valence-corrected chi connectivity index (χ0v) is 15.9. The number of benzene rings is 1. The second kappa shape index (κ2) is 8.78. The SMILES string of the molecule is COc1cccc(OCC(=O)N2CCCC2CNC(=O)OC(C)(C)C)c1. The van der Waals surface area contributed by atoms with E-state index in [0.717, 1.165) is 12.8 Å². The van der Waals surface area contributed by atoms with Crippen molar-refractivity contribution in [3.8, 4) is 11.5 Å². The van der Waals surface area contributed by atoms with Gasteiger partial charge in [0.25, 0.3) is 5.91 Å². The van der Waals surface area contributed by atoms with E-state index in [-0.39, 0.29) is 18.6 Å². The zero-order valence-electron chi connectivity index (χ0n) is 15.9. The van der Waals surface area contributed by atoms with Crippen LogP contribution in [0.3, 0.4) is 0 Å². The number of rotatable bonds is 6. The van der Waals surface area contributed by atoms with E-state index in [1.807, 2.05) is 32.9 Å². The highest BCUT2D eigenvalue weighted by Crippen LogP contribution is 2.20. The van der Waals surface area contributed by atoms with Gasteiger partial charge < -0.3 is 24.4 Å². The lowest BCUT2D eigenvalue weighted by molar-refractivity contribution is -0.134. The van der Waals surface area contributed by atoms with Gasteiger partial charge in [0.15, 0.2) is 6.61 Å². The van der Waals surface area contributed by atoms with Gasteiger partial charge in [-0.25, -0.2) is 4.79 Å². The fourth-order valence-electron chi connectivity index (χ4n) is 2.81. The topological polar surface area (TPSA) is 77.1 Å². The van der Waals surface area contributed by atoms with Gasteiger partial charge in [-0.1, -0.05) is 6.07 Å². The van der Waals surface area contributed by atoms with Gasteiger partial charge in [0.1, 0.15) is 17.1 Å². The summed E-state index contributed by atoms with van der Waals surface area (Å²) in [6.07, 6.45) is 1.29. The highest BCUT2D eigenvalue weighted by atomic mass is 16.6. The first kappa shape index (κ1) is 19.9. The summed E-state index contributed by atoms with van der Waals surface area (Å²) in [4.78, 5) is 26.0. The van der Waals surface area contributed by atoms with Gasteiger partial charge in [-0.15, -0.1) is 0 Å². The van der Waals surface area contributed by atoms with Crippen LogP contribution in [0.1, 0.15) is 33.6 Å². The molecule has 144 valence electrons. The number of hydrogen-bond acceptors (Lipinski definition) is 5. The van der Waals surface area contributed by atoms with Gasteiger partial charge >= 0.3 is 6.09 Å². The van der Waals surface area contributed by atoms with Crippen molar-refractivity contribution in [3.05, 3.63) is 24.3 Å². The molecule has 1 N–H and O–H groups in total. The summed E-state index contributed by atoms with van der Waals surface area (Å²) >= 11 is 0. The Morgan fingerprint density at radius 2 is 2.00 bits per heavy atom. The molecule has 1 fully saturated rings. The van der Waals surface area contributed by atoms with E-state index >= 15 is 0 Å². The largest absolute Gasteiger partial charge is 0.497 e. The molecule has 2 amide bonds. The second-order valence-corrected chi connectivity index (χ2v) is 7.23. The first-order valence-corrected chi connectivity index (χ1v) is 8.81. The summed E-state index contributed by atoms with van der Waals surface area (Å²) in [5.74, 6) is 1.16. The number of hydrogen-bond donors (Lipinski definition) is 1. The number of nitrogens with one attached hydrogen (secondary N) is 1. The van der Waals surface area contributed by atoms with Crippen LogP contribution in [-0.2, 0) is 9.53 Å². The molecule has 1 heterocycles. The van der Waals surface area contributed by atoms with Crippen LogP contribution < -0.4 is 14.8 Å². The van der Waals surface area contributed by atoms with Crippen molar-refractivity contribution in [3.63, 3.8) is 0 Å². The van der Waals surface area contributed by atoms with Gasteiger partial charge in [-0.05, 0) is 45.7 Å². The number of methoxy groups -OCH3 is 1. The minimum absolute atomic E-state index is 0.0380. The molecular weight excluding hydrogens is 336 g/mol. The third-order valence-corrected chi connectivity index (χ3v) is 3.98. The van der Waals surface area contributed by atoms with Crippen LogP contribution in [0.2, 0.25) is 0 Å². The van der Waals surface area contributed by atoms with E-state index in [0.29, 0.717) is 24.6 Å². The minimum Gasteiger partial charge on any atom is -0.497 e. The number of amides is 2. The Labute approximate surface area is 154 Å². The molecule has 1 aromatic carbocycles. The van der Waals surface area contributed by atoms with E-state index in [2.05, 4.69) is 5.32 Å². The lowest BCUT2D eigenvalue weighted by Crippen LogP contribution is -2.45. The predicted molar refractivity (Wildman–Crippen MR) is 97.5 cm³/mol. The van der Waals surface area contributed by atoms with Gasteiger partial charge in [-0.3, -0.25) is 4.79 Å². The van der Waals surface area contributed by atoms with Gasteiger partial charge in [0.2, 0.25) is 0 Å². The predicted octanol–water partition coefficient (Wildman–Crippen LogP) is 2.59. The monoisotopic (exact) mass is 364 g/mol. The fraction of sp³-hybridized carbons (Fsp3) is 0.579. The van der Waals surface area contributed by atoms with Crippen molar-refractivity contribution < 1.29 is 23.8 Å². The molecule has 0 saturated carbocycles. The fourth-order valence-corrected chi connectivity index (χ4v) is 2.81. The Kier molecular flexibility index (Phi) is 6.71. The first-order valence-electron chi connectivity index (χ1n) is 8.81. The molecule has 0 spiro atoms. The molecule has 26 heavy (non-hydrogen) atoms. The van der Waals surface area contributed by atoms with Crippen molar-refractivity contribution in [2.24, 2.45) is 0 Å². The quantitative estimate of drug-likeness (QED) is 0.839. The van der Waals surface area contributed by atoms with Gasteiger partial charge in [0, 0.05) is 25.2 Å². The molecule has 1 aromatic rings. The summed E-state index contributed by atoms with van der Waals surface area (Å²) in [7, 11) is 1.58. The van der Waals surface area contributed by atoms with Crippen LogP contribution >= 0.6 is 0 Å². The summed E-state index contributed by atoms with van der Waals surface area (Å²) in [5, 5.41) is 2.74. The summed E-state index contributed by atoms with van der Waals surface area (Å²) < 4.78 is 15.9. The van der Waals surface area contributed by atoms with Crippen LogP contribution in [0.25, 0.3) is 0 Å². The Morgan fingerprint density at radius 3 is 2.69 bits per heavy atom. The molecule has 0 radical (unpaired) electrons. The Balaban J connectivity index is 1.82. The molecule has 7 nitrogen and oxygen atoms in total. The third kappa shape index (κ3) is 6.13. The van der Waals surface area contributed by atoms with E-state index in [9.17, 15) is 9.59 Å². The van der Waals surface area contributed by atoms with E-state index in [1.165, 1.54) is 0 Å². The van der Waals surface area contributed by atoms with Crippen molar-refractivity contribution in [2.45, 2.75) is 45.3 Å². The molecule has 2 rings (SSSR count). The molecule has 1 aliphatic heterocycles. The Hall–Kier alpha value is -2.44. The van der Waals surface area contributed by atoms with Crippen molar-refractivity contribution in [2.75, 3.05) is 26.8 Å². The molecule has 1 unspecified atom stereocenters. The molecular formula is C19H28N2O5. The maximum atomic E-state index is 12.5. The van der Waals surface area contributed by atoms with E-state index in [1.54, 1.807) is 24.1 Å². The normalized spacial score (nSPS) is 16.9. The Bertz CT molecular complexity index is 627. The van der Waals surface area contributed by atoms with Crippen LogP contribution in [0.5, 0.6) is 11.5 Å². The number of nitrogens with zero attached hydrogens (tertiary/aromatic N) is 1. The van der Waals surface area contributed by atoms with E-state index in [4.69, 9.17) is 14.2 Å². The number of alkyl carbamates (subject to hydrolysis) is 1. The maximum absolute atomic E-state index is 12.5. The number of carbonyl (C=O) groups excluding carboxylic acids is 2. The number of ether oxygens (including phenoxy) is 3. The first-order chi connectivity index (χ1) is 12.3. The number of likely N-dealkylation sites (tertiary alicyclic amines) is 1. The smallest absolute Gasteiger partial charge is 0.407 e. The molecule has 1 aliphatic rings. The standard InChI is InChI=1S/C19H28N2O5/c1-19(2,3)26-18(23)20-12-14-7-6-10-21(14)17(22)13-25-16-9-5-8-15(11-16)24-4/h5,8-9,11,14H,6-7,10,12-13H2,1-4H3,(H,20,23). The van der Waals surface area contributed by atoms with Gasteiger partial charge in [0.05, 0.1) is 7.11 Å². The summed E-state index contributed by atoms with van der Waals surface area (Å²) in [5.41, 5.74) is -0.542. The van der Waals surface area contributed by atoms with Crippen LogP contribution in [0, 0.1) is 0 Å². The highest BCUT2D eigenvalue weighted by molar-refractivity contribution is 5.78. The van der Waals surface area contributed by atoms with Crippen molar-refractivity contribution >= 4 is 12.0 Å². The minimum atomic E-state index is -0.542. The molecule has 1 atom stereocenters. The summed E-state index contributed by atoms with van der Waals surface area (Å²) in [6.45, 7) is 6.44. The molecule has 0 aromatic heterocycles. The lowest BCUT2D eigenvalue weighted by Gasteiger charge is -2.26. The highest BCUT2D eigenvalue weighted by Gasteiger charge is 2.29. The molecule has 7 heteroatoms. The Morgan fingerprint density at radius 1 is 1.27 bits per heavy atom. The maximum Gasteiger partial charge on any atom is 0.407 e. The number of carbonyl (C=O) groups is 2. The van der Waals surface area contributed by atoms with Crippen molar-refractivity contribution in [1.29, 1.82) is 0 Å². The van der Waals surface area contributed by atoms with E-state index < -0.39 is 11.7 Å². The average Bonchev–Trinajstić information content (AvgIpc) is 3.05. The zero-order chi connectivity index (χ0) is 19.2. The van der Waals surface area contributed by atoms with Crippen molar-refractivity contribution in [1.82, 2.24) is 10.2 Å². The average molecular weight is 364 g/mol. The summed E-state index contributed by atoms with van der Waals surface area (Å²) in [6, 6.07) is 7.10.